The minimum Gasteiger partial charge on any atom is -0.352 e. The number of rotatable bonds is 9. The molecule has 34 heavy (non-hydrogen) atoms. The summed E-state index contributed by atoms with van der Waals surface area (Å²) in [7, 11) is 0. The van der Waals surface area contributed by atoms with E-state index in [1.807, 2.05) is 94.4 Å². The van der Waals surface area contributed by atoms with Crippen LogP contribution in [0, 0.1) is 13.8 Å². The van der Waals surface area contributed by atoms with Crippen LogP contribution in [0.3, 0.4) is 0 Å². The maximum absolute atomic E-state index is 13.8. The molecule has 0 aromatic heterocycles. The summed E-state index contributed by atoms with van der Waals surface area (Å²) in [5.41, 5.74) is 5.20. The zero-order valence-corrected chi connectivity index (χ0v) is 21.9. The van der Waals surface area contributed by atoms with Crippen LogP contribution in [0.15, 0.2) is 77.3 Å². The van der Waals surface area contributed by atoms with Crippen LogP contribution in [0.4, 0.5) is 0 Å². The van der Waals surface area contributed by atoms with Gasteiger partial charge in [-0.3, -0.25) is 9.59 Å². The maximum Gasteiger partial charge on any atom is 0.243 e. The number of benzene rings is 3. The normalized spacial score (nSPS) is 11.8. The molecule has 0 radical (unpaired) electrons. The third-order valence-electron chi connectivity index (χ3n) is 5.58. The van der Waals surface area contributed by atoms with Crippen molar-refractivity contribution in [1.29, 1.82) is 0 Å². The molecule has 5 heteroatoms. The standard InChI is InChI=1S/C29H33BrN2O2/c1-20(2)31-29(34)27(17-23-9-6-5-7-10-23)32(19-24-11-8-12-26(30)16-24)28(33)18-25-14-21(3)13-22(4)15-25/h5-16,20,27H,17-19H2,1-4H3,(H,31,34). The largest absolute Gasteiger partial charge is 0.352 e. The van der Waals surface area contributed by atoms with E-state index in [1.54, 1.807) is 4.90 Å². The molecule has 3 aromatic rings. The van der Waals surface area contributed by atoms with Crippen molar-refractivity contribution in [2.45, 2.75) is 59.2 Å². The average Bonchev–Trinajstić information content (AvgIpc) is 2.75. The van der Waals surface area contributed by atoms with Gasteiger partial charge in [0.1, 0.15) is 6.04 Å². The maximum atomic E-state index is 13.8. The summed E-state index contributed by atoms with van der Waals surface area (Å²) in [6.45, 7) is 8.30. The van der Waals surface area contributed by atoms with Crippen LogP contribution in [-0.4, -0.2) is 28.8 Å². The first kappa shape index (κ1) is 25.7. The van der Waals surface area contributed by atoms with E-state index < -0.39 is 6.04 Å². The lowest BCUT2D eigenvalue weighted by molar-refractivity contribution is -0.141. The Kier molecular flexibility index (Phi) is 9.05. The highest BCUT2D eigenvalue weighted by molar-refractivity contribution is 9.10. The van der Waals surface area contributed by atoms with E-state index in [4.69, 9.17) is 0 Å². The highest BCUT2D eigenvalue weighted by atomic mass is 79.9. The smallest absolute Gasteiger partial charge is 0.243 e. The van der Waals surface area contributed by atoms with Gasteiger partial charge in [-0.25, -0.2) is 0 Å². The number of halogens is 1. The molecule has 3 rings (SSSR count). The number of hydrogen-bond acceptors (Lipinski definition) is 2. The SMILES string of the molecule is Cc1cc(C)cc(CC(=O)N(Cc2cccc(Br)c2)C(Cc2ccccc2)C(=O)NC(C)C)c1. The van der Waals surface area contributed by atoms with Crippen molar-refractivity contribution in [2.24, 2.45) is 0 Å². The first-order chi connectivity index (χ1) is 16.2. The van der Waals surface area contributed by atoms with E-state index in [9.17, 15) is 9.59 Å². The lowest BCUT2D eigenvalue weighted by Crippen LogP contribution is -2.52. The van der Waals surface area contributed by atoms with Crippen molar-refractivity contribution in [3.8, 4) is 0 Å². The quantitative estimate of drug-likeness (QED) is 0.389. The topological polar surface area (TPSA) is 49.4 Å². The molecule has 0 aliphatic heterocycles. The second kappa shape index (κ2) is 12.0. The van der Waals surface area contributed by atoms with Gasteiger partial charge in [-0.1, -0.05) is 87.7 Å². The summed E-state index contributed by atoms with van der Waals surface area (Å²) in [5, 5.41) is 3.04. The Morgan fingerprint density at radius 1 is 0.853 bits per heavy atom. The fourth-order valence-electron chi connectivity index (χ4n) is 4.21. The van der Waals surface area contributed by atoms with E-state index in [-0.39, 0.29) is 24.3 Å². The highest BCUT2D eigenvalue weighted by Crippen LogP contribution is 2.20. The molecule has 4 nitrogen and oxygen atoms in total. The Hall–Kier alpha value is -2.92. The molecule has 0 heterocycles. The molecule has 0 aliphatic carbocycles. The summed E-state index contributed by atoms with van der Waals surface area (Å²) >= 11 is 3.53. The van der Waals surface area contributed by atoms with Gasteiger partial charge >= 0.3 is 0 Å². The number of carbonyl (C=O) groups excluding carboxylic acids is 2. The Bertz CT molecular complexity index is 1110. The average molecular weight is 521 g/mol. The van der Waals surface area contributed by atoms with Crippen molar-refractivity contribution >= 4 is 27.7 Å². The highest BCUT2D eigenvalue weighted by Gasteiger charge is 2.30. The minimum atomic E-state index is -0.623. The fourth-order valence-corrected chi connectivity index (χ4v) is 4.66. The van der Waals surface area contributed by atoms with Crippen LogP contribution in [0.2, 0.25) is 0 Å². The van der Waals surface area contributed by atoms with Gasteiger partial charge in [0.2, 0.25) is 11.8 Å². The van der Waals surface area contributed by atoms with Crippen LogP contribution in [0.25, 0.3) is 0 Å². The van der Waals surface area contributed by atoms with Crippen molar-refractivity contribution in [1.82, 2.24) is 10.2 Å². The van der Waals surface area contributed by atoms with E-state index in [0.717, 1.165) is 32.3 Å². The van der Waals surface area contributed by atoms with Crippen LogP contribution in [0.1, 0.15) is 41.7 Å². The predicted octanol–water partition coefficient (Wildman–Crippen LogP) is 5.77. The number of carbonyl (C=O) groups is 2. The number of nitrogens with one attached hydrogen (secondary N) is 1. The second-order valence-electron chi connectivity index (χ2n) is 9.19. The van der Waals surface area contributed by atoms with Crippen molar-refractivity contribution < 1.29 is 9.59 Å². The Morgan fingerprint density at radius 3 is 2.12 bits per heavy atom. The third-order valence-corrected chi connectivity index (χ3v) is 6.07. The summed E-state index contributed by atoms with van der Waals surface area (Å²) in [6, 6.07) is 23.3. The molecule has 1 unspecified atom stereocenters. The Morgan fingerprint density at radius 2 is 1.50 bits per heavy atom. The fraction of sp³-hybridized carbons (Fsp3) is 0.310. The lowest BCUT2D eigenvalue weighted by atomic mass is 10.00. The van der Waals surface area contributed by atoms with Gasteiger partial charge in [-0.2, -0.15) is 0 Å². The van der Waals surface area contributed by atoms with Gasteiger partial charge in [0.05, 0.1) is 6.42 Å². The Labute approximate surface area is 211 Å². The van der Waals surface area contributed by atoms with Crippen LogP contribution in [0.5, 0.6) is 0 Å². The predicted molar refractivity (Wildman–Crippen MR) is 142 cm³/mol. The molecule has 1 atom stereocenters. The first-order valence-corrected chi connectivity index (χ1v) is 12.5. The number of hydrogen-bond donors (Lipinski definition) is 1. The van der Waals surface area contributed by atoms with Crippen molar-refractivity contribution in [3.63, 3.8) is 0 Å². The van der Waals surface area contributed by atoms with E-state index >= 15 is 0 Å². The molecule has 0 saturated heterocycles. The van der Waals surface area contributed by atoms with Crippen molar-refractivity contribution in [3.05, 3.63) is 105 Å². The molecule has 1 N–H and O–H groups in total. The molecule has 0 aliphatic rings. The molecular formula is C29H33BrN2O2. The summed E-state index contributed by atoms with van der Waals surface area (Å²) in [5.74, 6) is -0.201. The zero-order chi connectivity index (χ0) is 24.7. The van der Waals surface area contributed by atoms with E-state index in [1.165, 1.54) is 0 Å². The van der Waals surface area contributed by atoms with Crippen LogP contribution >= 0.6 is 15.9 Å². The first-order valence-electron chi connectivity index (χ1n) is 11.7. The van der Waals surface area contributed by atoms with E-state index in [2.05, 4.69) is 27.3 Å². The number of nitrogens with zero attached hydrogens (tertiary/aromatic N) is 1. The number of amides is 2. The van der Waals surface area contributed by atoms with Crippen LogP contribution in [-0.2, 0) is 29.0 Å². The van der Waals surface area contributed by atoms with Gasteiger partial charge in [0.15, 0.2) is 0 Å². The summed E-state index contributed by atoms with van der Waals surface area (Å²) in [4.78, 5) is 28.9. The van der Waals surface area contributed by atoms with Gasteiger partial charge in [-0.05, 0) is 56.5 Å². The molecule has 0 fully saturated rings. The van der Waals surface area contributed by atoms with Crippen LogP contribution < -0.4 is 5.32 Å². The van der Waals surface area contributed by atoms with Gasteiger partial charge in [0, 0.05) is 23.5 Å². The summed E-state index contributed by atoms with van der Waals surface area (Å²) in [6.07, 6.45) is 0.697. The summed E-state index contributed by atoms with van der Waals surface area (Å²) < 4.78 is 0.943. The molecule has 178 valence electrons. The zero-order valence-electron chi connectivity index (χ0n) is 20.3. The molecular weight excluding hydrogens is 488 g/mol. The lowest BCUT2D eigenvalue weighted by Gasteiger charge is -2.32. The monoisotopic (exact) mass is 520 g/mol. The molecule has 2 amide bonds. The van der Waals surface area contributed by atoms with Crippen molar-refractivity contribution in [2.75, 3.05) is 0 Å². The van der Waals surface area contributed by atoms with E-state index in [0.29, 0.717) is 13.0 Å². The van der Waals surface area contributed by atoms with Gasteiger partial charge < -0.3 is 10.2 Å². The molecule has 0 spiro atoms. The minimum absolute atomic E-state index is 0.0204. The Balaban J connectivity index is 1.99. The number of aryl methyl sites for hydroxylation is 2. The molecule has 0 saturated carbocycles. The van der Waals surface area contributed by atoms with Gasteiger partial charge in [-0.15, -0.1) is 0 Å². The molecule has 3 aromatic carbocycles. The third kappa shape index (κ3) is 7.56. The second-order valence-corrected chi connectivity index (χ2v) is 10.1. The van der Waals surface area contributed by atoms with Gasteiger partial charge in [0.25, 0.3) is 0 Å². The molecule has 0 bridgehead atoms.